The quantitative estimate of drug-likeness (QED) is 0.741. The van der Waals surface area contributed by atoms with Gasteiger partial charge in [0, 0.05) is 19.7 Å². The standard InChI is InChI=1S/C10H18F3NO/c1-15-6-5-14-9-4-2-3-8(7-9)10(11,12)13/h8-9,14H,2-7H2,1H3. The van der Waals surface area contributed by atoms with Crippen molar-refractivity contribution in [3.63, 3.8) is 0 Å². The third-order valence-corrected chi connectivity index (χ3v) is 2.88. The molecule has 1 saturated carbocycles. The van der Waals surface area contributed by atoms with Crippen LogP contribution in [0.2, 0.25) is 0 Å². The molecule has 2 atom stereocenters. The molecule has 90 valence electrons. The van der Waals surface area contributed by atoms with Crippen molar-refractivity contribution < 1.29 is 17.9 Å². The highest BCUT2D eigenvalue weighted by Gasteiger charge is 2.41. The highest BCUT2D eigenvalue weighted by Crippen LogP contribution is 2.37. The molecule has 1 aliphatic carbocycles. The van der Waals surface area contributed by atoms with E-state index in [0.717, 1.165) is 6.42 Å². The molecule has 0 bridgehead atoms. The molecule has 0 aromatic rings. The van der Waals surface area contributed by atoms with Crippen LogP contribution >= 0.6 is 0 Å². The summed E-state index contributed by atoms with van der Waals surface area (Å²) in [5, 5.41) is 3.10. The van der Waals surface area contributed by atoms with Gasteiger partial charge in [-0.15, -0.1) is 0 Å². The first-order valence-corrected chi connectivity index (χ1v) is 5.33. The molecule has 2 unspecified atom stereocenters. The summed E-state index contributed by atoms with van der Waals surface area (Å²) in [6.07, 6.45) is -2.02. The lowest BCUT2D eigenvalue weighted by Gasteiger charge is -2.31. The van der Waals surface area contributed by atoms with Crippen LogP contribution in [0.25, 0.3) is 0 Å². The largest absolute Gasteiger partial charge is 0.391 e. The minimum atomic E-state index is -4.03. The fourth-order valence-corrected chi connectivity index (χ4v) is 2.04. The van der Waals surface area contributed by atoms with Gasteiger partial charge in [-0.05, 0) is 19.3 Å². The van der Waals surface area contributed by atoms with Gasteiger partial charge in [0.25, 0.3) is 0 Å². The molecular formula is C10H18F3NO. The molecule has 0 aromatic carbocycles. The van der Waals surface area contributed by atoms with Gasteiger partial charge in [0.2, 0.25) is 0 Å². The molecular weight excluding hydrogens is 207 g/mol. The first-order chi connectivity index (χ1) is 7.04. The summed E-state index contributed by atoms with van der Waals surface area (Å²) in [5.41, 5.74) is 0. The van der Waals surface area contributed by atoms with Crippen molar-refractivity contribution in [2.75, 3.05) is 20.3 Å². The van der Waals surface area contributed by atoms with Crippen LogP contribution in [0.1, 0.15) is 25.7 Å². The summed E-state index contributed by atoms with van der Waals surface area (Å²) in [6.45, 7) is 1.18. The minimum absolute atomic E-state index is 0.000486. The van der Waals surface area contributed by atoms with E-state index in [2.05, 4.69) is 5.32 Å². The van der Waals surface area contributed by atoms with Gasteiger partial charge < -0.3 is 10.1 Å². The van der Waals surface area contributed by atoms with Crippen molar-refractivity contribution in [3.05, 3.63) is 0 Å². The summed E-state index contributed by atoms with van der Waals surface area (Å²) in [7, 11) is 1.58. The van der Waals surface area contributed by atoms with E-state index in [1.54, 1.807) is 7.11 Å². The Bertz CT molecular complexity index is 184. The third kappa shape index (κ3) is 4.38. The van der Waals surface area contributed by atoms with Gasteiger partial charge in [-0.2, -0.15) is 13.2 Å². The average molecular weight is 225 g/mol. The van der Waals surface area contributed by atoms with E-state index in [4.69, 9.17) is 4.74 Å². The lowest BCUT2D eigenvalue weighted by atomic mass is 9.85. The summed E-state index contributed by atoms with van der Waals surface area (Å²) in [6, 6.07) is 0.000486. The van der Waals surface area contributed by atoms with E-state index in [0.29, 0.717) is 19.6 Å². The minimum Gasteiger partial charge on any atom is -0.383 e. The summed E-state index contributed by atoms with van der Waals surface area (Å²) in [5.74, 6) is -1.12. The zero-order chi connectivity index (χ0) is 11.3. The SMILES string of the molecule is COCCNC1CCCC(C(F)(F)F)C1. The molecule has 0 aromatic heterocycles. The van der Waals surface area contributed by atoms with E-state index < -0.39 is 12.1 Å². The van der Waals surface area contributed by atoms with Crippen LogP contribution in [0, 0.1) is 5.92 Å². The number of alkyl halides is 3. The molecule has 0 heterocycles. The lowest BCUT2D eigenvalue weighted by molar-refractivity contribution is -0.183. The number of nitrogens with one attached hydrogen (secondary N) is 1. The van der Waals surface area contributed by atoms with E-state index in [-0.39, 0.29) is 18.9 Å². The Morgan fingerprint density at radius 1 is 1.33 bits per heavy atom. The zero-order valence-corrected chi connectivity index (χ0v) is 8.94. The van der Waals surface area contributed by atoms with Crippen LogP contribution in [0.5, 0.6) is 0 Å². The predicted octanol–water partition coefficient (Wildman–Crippen LogP) is 2.34. The summed E-state index contributed by atoms with van der Waals surface area (Å²) >= 11 is 0. The number of methoxy groups -OCH3 is 1. The third-order valence-electron chi connectivity index (χ3n) is 2.88. The number of hydrogen-bond acceptors (Lipinski definition) is 2. The average Bonchev–Trinajstić information content (AvgIpc) is 2.17. The van der Waals surface area contributed by atoms with Crippen molar-refractivity contribution in [3.8, 4) is 0 Å². The van der Waals surface area contributed by atoms with Crippen molar-refractivity contribution in [1.82, 2.24) is 5.32 Å². The highest BCUT2D eigenvalue weighted by atomic mass is 19.4. The first-order valence-electron chi connectivity index (χ1n) is 5.33. The molecule has 0 spiro atoms. The normalized spacial score (nSPS) is 28.0. The molecule has 1 rings (SSSR count). The Labute approximate surface area is 88.2 Å². The van der Waals surface area contributed by atoms with Crippen LogP contribution in [-0.4, -0.2) is 32.5 Å². The topological polar surface area (TPSA) is 21.3 Å². The van der Waals surface area contributed by atoms with E-state index in [1.165, 1.54) is 0 Å². The second-order valence-corrected chi connectivity index (χ2v) is 4.05. The van der Waals surface area contributed by atoms with Crippen molar-refractivity contribution >= 4 is 0 Å². The van der Waals surface area contributed by atoms with Crippen molar-refractivity contribution in [1.29, 1.82) is 0 Å². The van der Waals surface area contributed by atoms with Crippen LogP contribution < -0.4 is 5.32 Å². The molecule has 15 heavy (non-hydrogen) atoms. The van der Waals surface area contributed by atoms with E-state index in [1.807, 2.05) is 0 Å². The molecule has 1 aliphatic rings. The van der Waals surface area contributed by atoms with Crippen LogP contribution in [0.15, 0.2) is 0 Å². The maximum absolute atomic E-state index is 12.5. The highest BCUT2D eigenvalue weighted by molar-refractivity contribution is 4.81. The van der Waals surface area contributed by atoms with Gasteiger partial charge in [0.05, 0.1) is 12.5 Å². The van der Waals surface area contributed by atoms with Crippen LogP contribution in [0.4, 0.5) is 13.2 Å². The summed E-state index contributed by atoms with van der Waals surface area (Å²) in [4.78, 5) is 0. The lowest BCUT2D eigenvalue weighted by Crippen LogP contribution is -2.39. The summed E-state index contributed by atoms with van der Waals surface area (Å²) < 4.78 is 42.2. The number of hydrogen-bond donors (Lipinski definition) is 1. The zero-order valence-electron chi connectivity index (χ0n) is 8.94. The molecule has 5 heteroatoms. The Hall–Kier alpha value is -0.290. The monoisotopic (exact) mass is 225 g/mol. The van der Waals surface area contributed by atoms with Crippen molar-refractivity contribution in [2.24, 2.45) is 5.92 Å². The molecule has 1 N–H and O–H groups in total. The van der Waals surface area contributed by atoms with Gasteiger partial charge in [0.15, 0.2) is 0 Å². The second kappa shape index (κ2) is 5.70. The Morgan fingerprint density at radius 3 is 2.67 bits per heavy atom. The van der Waals surface area contributed by atoms with Gasteiger partial charge >= 0.3 is 6.18 Å². The van der Waals surface area contributed by atoms with Gasteiger partial charge in [-0.1, -0.05) is 6.42 Å². The smallest absolute Gasteiger partial charge is 0.383 e. The molecule has 0 aliphatic heterocycles. The Morgan fingerprint density at radius 2 is 2.07 bits per heavy atom. The first kappa shape index (κ1) is 12.8. The van der Waals surface area contributed by atoms with Crippen LogP contribution in [0.3, 0.4) is 0 Å². The Kier molecular flexibility index (Phi) is 4.86. The molecule has 0 amide bonds. The molecule has 1 fully saturated rings. The van der Waals surface area contributed by atoms with Gasteiger partial charge in [0.1, 0.15) is 0 Å². The number of rotatable bonds is 4. The molecule has 2 nitrogen and oxygen atoms in total. The number of ether oxygens (including phenoxy) is 1. The second-order valence-electron chi connectivity index (χ2n) is 4.05. The van der Waals surface area contributed by atoms with Crippen molar-refractivity contribution in [2.45, 2.75) is 37.9 Å². The van der Waals surface area contributed by atoms with Crippen LogP contribution in [-0.2, 0) is 4.74 Å². The fourth-order valence-electron chi connectivity index (χ4n) is 2.04. The molecule has 0 radical (unpaired) electrons. The number of halogens is 3. The van der Waals surface area contributed by atoms with E-state index in [9.17, 15) is 13.2 Å². The van der Waals surface area contributed by atoms with E-state index >= 15 is 0 Å². The Balaban J connectivity index is 2.29. The molecule has 0 saturated heterocycles. The maximum atomic E-state index is 12.5. The fraction of sp³-hybridized carbons (Fsp3) is 1.00. The van der Waals surface area contributed by atoms with Gasteiger partial charge in [-0.25, -0.2) is 0 Å². The predicted molar refractivity (Wildman–Crippen MR) is 51.7 cm³/mol. The maximum Gasteiger partial charge on any atom is 0.391 e. The van der Waals surface area contributed by atoms with Gasteiger partial charge in [-0.3, -0.25) is 0 Å².